The molecule has 2 aliphatic heterocycles. The van der Waals surface area contributed by atoms with E-state index < -0.39 is 24.4 Å². The number of fused-ring (bicyclic) bond motifs is 1. The van der Waals surface area contributed by atoms with Crippen LogP contribution in [0.15, 0.2) is 18.2 Å². The zero-order valence-electron chi connectivity index (χ0n) is 13.0. The smallest absolute Gasteiger partial charge is 0.387 e. The number of ether oxygens (including phenoxy) is 2. The molecule has 1 N–H and O–H groups in total. The highest BCUT2D eigenvalue weighted by molar-refractivity contribution is 5.79. The first-order valence-corrected chi connectivity index (χ1v) is 7.55. The Bertz CT molecular complexity index is 620. The van der Waals surface area contributed by atoms with Gasteiger partial charge < -0.3 is 19.5 Å². The summed E-state index contributed by atoms with van der Waals surface area (Å²) in [5.74, 6) is 0.385. The maximum atomic E-state index is 12.4. The molecule has 2 aliphatic rings. The number of amides is 1. The lowest BCUT2D eigenvalue weighted by molar-refractivity contribution is -0.139. The van der Waals surface area contributed by atoms with Gasteiger partial charge in [0.2, 0.25) is 5.91 Å². The van der Waals surface area contributed by atoms with E-state index in [0.717, 1.165) is 0 Å². The lowest BCUT2D eigenvalue weighted by Gasteiger charge is -2.45. The summed E-state index contributed by atoms with van der Waals surface area (Å²) in [7, 11) is 0. The summed E-state index contributed by atoms with van der Waals surface area (Å²) in [4.78, 5) is 13.7. The fraction of sp³-hybridized carbons (Fsp3) is 0.562. The Balaban J connectivity index is 2.05. The number of aliphatic hydroxyl groups excluding tert-OH is 1. The van der Waals surface area contributed by atoms with Crippen LogP contribution in [0.25, 0.3) is 0 Å². The summed E-state index contributed by atoms with van der Waals surface area (Å²) < 4.78 is 35.1. The van der Waals surface area contributed by atoms with Gasteiger partial charge in [-0.05, 0) is 38.5 Å². The van der Waals surface area contributed by atoms with Crippen LogP contribution >= 0.6 is 0 Å². The summed E-state index contributed by atoms with van der Waals surface area (Å²) in [6.45, 7) is 1.05. The molecule has 0 saturated carbocycles. The minimum absolute atomic E-state index is 0.0223. The van der Waals surface area contributed by atoms with E-state index in [9.17, 15) is 18.7 Å². The van der Waals surface area contributed by atoms with Crippen LogP contribution in [0.2, 0.25) is 0 Å². The number of rotatable bonds is 3. The van der Waals surface area contributed by atoms with Crippen molar-refractivity contribution in [3.8, 4) is 11.5 Å². The topological polar surface area (TPSA) is 59.0 Å². The first-order valence-electron chi connectivity index (χ1n) is 7.55. The predicted molar refractivity (Wildman–Crippen MR) is 77.5 cm³/mol. The van der Waals surface area contributed by atoms with Crippen LogP contribution in [0.5, 0.6) is 11.5 Å². The zero-order chi connectivity index (χ0) is 16.8. The Kier molecular flexibility index (Phi) is 3.91. The van der Waals surface area contributed by atoms with Gasteiger partial charge in [0.05, 0.1) is 6.04 Å². The van der Waals surface area contributed by atoms with Crippen molar-refractivity contribution in [3.63, 3.8) is 0 Å². The highest BCUT2D eigenvalue weighted by Crippen LogP contribution is 2.45. The lowest BCUT2D eigenvalue weighted by atomic mass is 9.85. The molecular weight excluding hydrogens is 308 g/mol. The Morgan fingerprint density at radius 3 is 2.78 bits per heavy atom. The number of likely N-dealkylation sites (tertiary alicyclic amines) is 1. The highest BCUT2D eigenvalue weighted by atomic mass is 19.3. The molecule has 0 spiro atoms. The second-order valence-corrected chi connectivity index (χ2v) is 6.36. The number of nitrogens with zero attached hydrogens (tertiary/aromatic N) is 1. The van der Waals surface area contributed by atoms with Gasteiger partial charge in [-0.1, -0.05) is 0 Å². The van der Waals surface area contributed by atoms with Gasteiger partial charge in [0.25, 0.3) is 0 Å². The third-order valence-electron chi connectivity index (χ3n) is 4.36. The third kappa shape index (κ3) is 2.85. The van der Waals surface area contributed by atoms with E-state index in [0.29, 0.717) is 30.7 Å². The van der Waals surface area contributed by atoms with Crippen molar-refractivity contribution in [1.29, 1.82) is 0 Å². The minimum Gasteiger partial charge on any atom is -0.485 e. The molecule has 1 aromatic rings. The number of hydrogen-bond donors (Lipinski definition) is 1. The number of benzene rings is 1. The summed E-state index contributed by atoms with van der Waals surface area (Å²) in [5.41, 5.74) is -0.406. The molecule has 7 heteroatoms. The number of carbonyl (C=O) groups excluding carboxylic acids is 1. The molecule has 1 aromatic carbocycles. The summed E-state index contributed by atoms with van der Waals surface area (Å²) >= 11 is 0. The molecule has 1 amide bonds. The lowest BCUT2D eigenvalue weighted by Crippen LogP contribution is -2.53. The van der Waals surface area contributed by atoms with Crippen LogP contribution in [0, 0.1) is 0 Å². The Labute approximate surface area is 132 Å². The first kappa shape index (κ1) is 16.0. The molecule has 23 heavy (non-hydrogen) atoms. The average Bonchev–Trinajstić information content (AvgIpc) is 2.86. The number of halogens is 2. The number of aliphatic hydroxyl groups is 1. The van der Waals surface area contributed by atoms with Crippen molar-refractivity contribution >= 4 is 5.91 Å². The van der Waals surface area contributed by atoms with Gasteiger partial charge in [0.15, 0.2) is 0 Å². The van der Waals surface area contributed by atoms with Gasteiger partial charge in [-0.15, -0.1) is 0 Å². The molecule has 0 aliphatic carbocycles. The van der Waals surface area contributed by atoms with E-state index in [-0.39, 0.29) is 11.7 Å². The molecule has 2 heterocycles. The van der Waals surface area contributed by atoms with Crippen molar-refractivity contribution in [2.24, 2.45) is 0 Å². The molecule has 1 saturated heterocycles. The minimum atomic E-state index is -2.94. The molecule has 0 unspecified atom stereocenters. The van der Waals surface area contributed by atoms with Crippen LogP contribution < -0.4 is 9.47 Å². The quantitative estimate of drug-likeness (QED) is 0.927. The number of alkyl halides is 2. The predicted octanol–water partition coefficient (Wildman–Crippen LogP) is 2.48. The van der Waals surface area contributed by atoms with Gasteiger partial charge >= 0.3 is 6.61 Å². The summed E-state index contributed by atoms with van der Waals surface area (Å²) in [6, 6.07) is 3.71. The van der Waals surface area contributed by atoms with Gasteiger partial charge in [-0.25, -0.2) is 0 Å². The maximum Gasteiger partial charge on any atom is 0.387 e. The first-order chi connectivity index (χ1) is 10.8. The summed E-state index contributed by atoms with van der Waals surface area (Å²) in [5, 5.41) is 10.7. The third-order valence-corrected chi connectivity index (χ3v) is 4.36. The van der Waals surface area contributed by atoms with Gasteiger partial charge in [0, 0.05) is 18.5 Å². The van der Waals surface area contributed by atoms with Gasteiger partial charge in [-0.3, -0.25) is 4.79 Å². The summed E-state index contributed by atoms with van der Waals surface area (Å²) in [6.07, 6.45) is 0.165. The van der Waals surface area contributed by atoms with E-state index in [1.54, 1.807) is 18.7 Å². The average molecular weight is 327 g/mol. The van der Waals surface area contributed by atoms with E-state index in [1.165, 1.54) is 18.2 Å². The standard InChI is InChI=1S/C16H19F2NO4/c1-16(2)14(21)13(19-7-3-4-12(19)20)10-8-9(22-15(17)18)5-6-11(10)23-16/h5-6,8,13-15,21H,3-4,7H2,1-2H3/t13-,14+/m1/s1. The van der Waals surface area contributed by atoms with Crippen molar-refractivity contribution < 1.29 is 28.2 Å². The second kappa shape index (κ2) is 5.63. The fourth-order valence-corrected chi connectivity index (χ4v) is 3.22. The van der Waals surface area contributed by atoms with Crippen molar-refractivity contribution in [2.45, 2.75) is 51.0 Å². The van der Waals surface area contributed by atoms with E-state index in [4.69, 9.17) is 4.74 Å². The molecular formula is C16H19F2NO4. The molecule has 0 aromatic heterocycles. The largest absolute Gasteiger partial charge is 0.485 e. The van der Waals surface area contributed by atoms with Gasteiger partial charge in [0.1, 0.15) is 23.2 Å². The van der Waals surface area contributed by atoms with Crippen molar-refractivity contribution in [1.82, 2.24) is 4.90 Å². The monoisotopic (exact) mass is 327 g/mol. The van der Waals surface area contributed by atoms with Crippen LogP contribution in [-0.2, 0) is 4.79 Å². The van der Waals surface area contributed by atoms with E-state index in [2.05, 4.69) is 4.74 Å². The Hall–Kier alpha value is -1.89. The van der Waals surface area contributed by atoms with Gasteiger partial charge in [-0.2, -0.15) is 8.78 Å². The van der Waals surface area contributed by atoms with Crippen LogP contribution in [0.4, 0.5) is 8.78 Å². The molecule has 1 fully saturated rings. The highest BCUT2D eigenvalue weighted by Gasteiger charge is 2.47. The molecule has 3 rings (SSSR count). The van der Waals surface area contributed by atoms with Crippen molar-refractivity contribution in [2.75, 3.05) is 6.54 Å². The normalized spacial score (nSPS) is 26.2. The second-order valence-electron chi connectivity index (χ2n) is 6.36. The molecule has 126 valence electrons. The number of hydrogen-bond acceptors (Lipinski definition) is 4. The SMILES string of the molecule is CC1(C)Oc2ccc(OC(F)F)cc2[C@@H](N2CCCC2=O)[C@@H]1O. The Morgan fingerprint density at radius 1 is 1.43 bits per heavy atom. The number of carbonyl (C=O) groups is 1. The van der Waals surface area contributed by atoms with Crippen molar-refractivity contribution in [3.05, 3.63) is 23.8 Å². The fourth-order valence-electron chi connectivity index (χ4n) is 3.22. The van der Waals surface area contributed by atoms with Crippen LogP contribution in [0.1, 0.15) is 38.3 Å². The van der Waals surface area contributed by atoms with Crippen LogP contribution in [-0.4, -0.2) is 40.8 Å². The molecule has 5 nitrogen and oxygen atoms in total. The maximum absolute atomic E-state index is 12.4. The molecule has 0 bridgehead atoms. The Morgan fingerprint density at radius 2 is 2.17 bits per heavy atom. The van der Waals surface area contributed by atoms with E-state index in [1.807, 2.05) is 0 Å². The van der Waals surface area contributed by atoms with Crippen LogP contribution in [0.3, 0.4) is 0 Å². The molecule has 2 atom stereocenters. The molecule has 0 radical (unpaired) electrons. The van der Waals surface area contributed by atoms with E-state index >= 15 is 0 Å². The zero-order valence-corrected chi connectivity index (χ0v) is 13.0.